The quantitative estimate of drug-likeness (QED) is 0.255. The van der Waals surface area contributed by atoms with Gasteiger partial charge in [0.2, 0.25) is 0 Å². The number of hydrogen-bond donors (Lipinski definition) is 1. The van der Waals surface area contributed by atoms with Crippen molar-refractivity contribution in [3.63, 3.8) is 0 Å². The zero-order valence-electron chi connectivity index (χ0n) is 18.8. The third-order valence-electron chi connectivity index (χ3n) is 5.38. The van der Waals surface area contributed by atoms with E-state index in [1.807, 2.05) is 30.3 Å². The van der Waals surface area contributed by atoms with Crippen LogP contribution in [0, 0.1) is 24.0 Å². The van der Waals surface area contributed by atoms with Gasteiger partial charge < -0.3 is 4.74 Å². The minimum absolute atomic E-state index is 0.00239. The highest BCUT2D eigenvalue weighted by Crippen LogP contribution is 2.25. The van der Waals surface area contributed by atoms with Gasteiger partial charge in [-0.15, -0.1) is 0 Å². The third-order valence-corrected chi connectivity index (χ3v) is 5.38. The van der Waals surface area contributed by atoms with Gasteiger partial charge in [-0.1, -0.05) is 18.2 Å². The van der Waals surface area contributed by atoms with E-state index >= 15 is 0 Å². The Balaban J connectivity index is 1.51. The molecule has 4 rings (SSSR count). The predicted molar refractivity (Wildman–Crippen MR) is 127 cm³/mol. The molecule has 4 aromatic rings. The Kier molecular flexibility index (Phi) is 6.30. The number of fused-ring (bicyclic) bond motifs is 1. The van der Waals surface area contributed by atoms with Crippen molar-refractivity contribution in [2.24, 2.45) is 5.10 Å². The lowest BCUT2D eigenvalue weighted by Gasteiger charge is -2.10. The normalized spacial score (nSPS) is 11.1. The van der Waals surface area contributed by atoms with Crippen molar-refractivity contribution in [3.8, 4) is 5.75 Å². The highest BCUT2D eigenvalue weighted by Gasteiger charge is 2.22. The summed E-state index contributed by atoms with van der Waals surface area (Å²) in [5, 5.41) is 20.5. The number of carbonyl (C=O) groups is 1. The monoisotopic (exact) mass is 458 g/mol. The molecule has 10 nitrogen and oxygen atoms in total. The maximum Gasteiger partial charge on any atom is 0.312 e. The van der Waals surface area contributed by atoms with Gasteiger partial charge in [-0.2, -0.15) is 10.2 Å². The van der Waals surface area contributed by atoms with Crippen LogP contribution in [0.3, 0.4) is 0 Å². The van der Waals surface area contributed by atoms with Gasteiger partial charge in [0.25, 0.3) is 5.91 Å². The summed E-state index contributed by atoms with van der Waals surface area (Å²) < 4.78 is 7.01. The molecule has 10 heteroatoms. The molecule has 0 radical (unpaired) electrons. The van der Waals surface area contributed by atoms with Crippen molar-refractivity contribution in [3.05, 3.63) is 92.9 Å². The Bertz CT molecular complexity index is 1430. The maximum atomic E-state index is 12.5. The van der Waals surface area contributed by atoms with Crippen molar-refractivity contribution < 1.29 is 14.5 Å². The van der Waals surface area contributed by atoms with E-state index in [0.717, 1.165) is 16.5 Å². The number of aryl methyl sites for hydroxylation is 1. The van der Waals surface area contributed by atoms with Crippen molar-refractivity contribution in [2.45, 2.75) is 20.4 Å². The smallest absolute Gasteiger partial charge is 0.312 e. The van der Waals surface area contributed by atoms with Crippen LogP contribution in [0.5, 0.6) is 5.75 Å². The van der Waals surface area contributed by atoms with Gasteiger partial charge in [0, 0.05) is 17.1 Å². The fourth-order valence-corrected chi connectivity index (χ4v) is 3.69. The zero-order chi connectivity index (χ0) is 24.2. The largest absolute Gasteiger partial charge is 0.496 e. The number of methoxy groups -OCH3 is 1. The summed E-state index contributed by atoms with van der Waals surface area (Å²) in [7, 11) is 1.55. The van der Waals surface area contributed by atoms with Crippen LogP contribution in [0.15, 0.2) is 59.8 Å². The Morgan fingerprint density at radius 1 is 1.24 bits per heavy atom. The van der Waals surface area contributed by atoms with Crippen molar-refractivity contribution in [1.82, 2.24) is 20.2 Å². The number of amides is 1. The number of nitrogens with zero attached hydrogens (tertiary/aromatic N) is 5. The number of aromatic nitrogens is 3. The summed E-state index contributed by atoms with van der Waals surface area (Å²) in [6, 6.07) is 14.7. The number of ether oxygens (including phenoxy) is 1. The summed E-state index contributed by atoms with van der Waals surface area (Å²) in [5.41, 5.74) is 6.00. The highest BCUT2D eigenvalue weighted by molar-refractivity contribution is 5.97. The van der Waals surface area contributed by atoms with Crippen LogP contribution in [0.1, 0.15) is 32.9 Å². The van der Waals surface area contributed by atoms with Gasteiger partial charge in [0.15, 0.2) is 0 Å². The molecule has 0 atom stereocenters. The van der Waals surface area contributed by atoms with Crippen LogP contribution in [-0.4, -0.2) is 38.9 Å². The number of nitro groups is 1. The molecule has 2 aromatic heterocycles. The number of carbonyl (C=O) groups excluding carboxylic acids is 1. The zero-order valence-corrected chi connectivity index (χ0v) is 18.8. The SMILES string of the molecule is COc1ccc(/C=N/NC(=O)c2cnc3ccccc3c2)cc1Cn1nc(C)c([N+](=O)[O-])c1C. The maximum absolute atomic E-state index is 12.5. The molecule has 172 valence electrons. The van der Waals surface area contributed by atoms with Gasteiger partial charge in [-0.3, -0.25) is 24.6 Å². The molecular weight excluding hydrogens is 436 g/mol. The van der Waals surface area contributed by atoms with E-state index in [0.29, 0.717) is 28.3 Å². The number of hydrazone groups is 1. The summed E-state index contributed by atoms with van der Waals surface area (Å²) >= 11 is 0. The van der Waals surface area contributed by atoms with Crippen LogP contribution in [-0.2, 0) is 6.54 Å². The molecule has 0 saturated heterocycles. The summed E-state index contributed by atoms with van der Waals surface area (Å²) in [6.07, 6.45) is 3.02. The molecule has 0 saturated carbocycles. The first-order valence-electron chi connectivity index (χ1n) is 10.4. The number of para-hydroxylation sites is 1. The molecule has 0 spiro atoms. The second-order valence-electron chi connectivity index (χ2n) is 7.62. The number of rotatable bonds is 7. The predicted octanol–water partition coefficient (Wildman–Crippen LogP) is 3.78. The molecule has 2 heterocycles. The Hall–Kier alpha value is -4.60. The van der Waals surface area contributed by atoms with E-state index in [2.05, 4.69) is 20.6 Å². The molecule has 0 bridgehead atoms. The van der Waals surface area contributed by atoms with Crippen LogP contribution in [0.4, 0.5) is 5.69 Å². The highest BCUT2D eigenvalue weighted by atomic mass is 16.6. The van der Waals surface area contributed by atoms with E-state index in [4.69, 9.17) is 4.74 Å². The fourth-order valence-electron chi connectivity index (χ4n) is 3.69. The average molecular weight is 458 g/mol. The Morgan fingerprint density at radius 3 is 2.76 bits per heavy atom. The van der Waals surface area contributed by atoms with Crippen molar-refractivity contribution in [1.29, 1.82) is 0 Å². The van der Waals surface area contributed by atoms with Gasteiger partial charge in [-0.25, -0.2) is 5.43 Å². The first kappa shape index (κ1) is 22.6. The van der Waals surface area contributed by atoms with E-state index in [9.17, 15) is 14.9 Å². The molecule has 0 aliphatic carbocycles. The lowest BCUT2D eigenvalue weighted by atomic mass is 10.1. The molecule has 34 heavy (non-hydrogen) atoms. The molecule has 0 unspecified atom stereocenters. The minimum atomic E-state index is -0.428. The molecule has 0 aliphatic heterocycles. The molecule has 0 fully saturated rings. The average Bonchev–Trinajstić information content (AvgIpc) is 3.11. The Labute approximate surface area is 195 Å². The number of benzene rings is 2. The second-order valence-corrected chi connectivity index (χ2v) is 7.62. The van der Waals surface area contributed by atoms with Gasteiger partial charge in [-0.05, 0) is 49.7 Å². The number of nitrogens with one attached hydrogen (secondary N) is 1. The molecule has 0 aliphatic rings. The first-order chi connectivity index (χ1) is 16.4. The van der Waals surface area contributed by atoms with E-state index in [1.54, 1.807) is 43.8 Å². The number of hydrogen-bond acceptors (Lipinski definition) is 7. The van der Waals surface area contributed by atoms with Gasteiger partial charge >= 0.3 is 5.69 Å². The lowest BCUT2D eigenvalue weighted by molar-refractivity contribution is -0.386. The topological polar surface area (TPSA) is 125 Å². The fraction of sp³-hybridized carbons (Fsp3) is 0.167. The summed E-state index contributed by atoms with van der Waals surface area (Å²) in [5.74, 6) is 0.233. The van der Waals surface area contributed by atoms with Gasteiger partial charge in [0.1, 0.15) is 17.1 Å². The molecular formula is C24H22N6O4. The van der Waals surface area contributed by atoms with Crippen LogP contribution >= 0.6 is 0 Å². The third kappa shape index (κ3) is 4.60. The second kappa shape index (κ2) is 9.49. The van der Waals surface area contributed by atoms with E-state index in [-0.39, 0.29) is 18.1 Å². The van der Waals surface area contributed by atoms with Gasteiger partial charge in [0.05, 0.1) is 35.9 Å². The minimum Gasteiger partial charge on any atom is -0.496 e. The van der Waals surface area contributed by atoms with Crippen LogP contribution in [0.2, 0.25) is 0 Å². The number of pyridine rings is 1. The summed E-state index contributed by atoms with van der Waals surface area (Å²) in [6.45, 7) is 3.54. The Morgan fingerprint density at radius 2 is 2.03 bits per heavy atom. The first-order valence-corrected chi connectivity index (χ1v) is 10.4. The molecule has 1 N–H and O–H groups in total. The van der Waals surface area contributed by atoms with Crippen molar-refractivity contribution >= 4 is 28.7 Å². The van der Waals surface area contributed by atoms with E-state index in [1.165, 1.54) is 12.4 Å². The van der Waals surface area contributed by atoms with E-state index < -0.39 is 4.92 Å². The molecule has 2 aromatic carbocycles. The van der Waals surface area contributed by atoms with Crippen LogP contribution in [0.25, 0.3) is 10.9 Å². The van der Waals surface area contributed by atoms with Crippen LogP contribution < -0.4 is 10.2 Å². The molecule has 1 amide bonds. The lowest BCUT2D eigenvalue weighted by Crippen LogP contribution is -2.17. The van der Waals surface area contributed by atoms with Crippen molar-refractivity contribution in [2.75, 3.05) is 7.11 Å². The standard InChI is InChI=1S/C24H22N6O4/c1-15-23(30(32)33)16(2)29(28-15)14-20-10-17(8-9-22(20)34-3)12-26-27-24(31)19-11-18-6-4-5-7-21(18)25-13-19/h4-13H,14H2,1-3H3,(H,27,31)/b26-12+. The summed E-state index contributed by atoms with van der Waals surface area (Å²) in [4.78, 5) is 27.6.